The zero-order valence-corrected chi connectivity index (χ0v) is 32.3. The third-order valence-corrected chi connectivity index (χ3v) is 11.0. The molecule has 7 rings (SSSR count). The second-order valence-electron chi connectivity index (χ2n) is 11.6. The number of hydrogen-bond donors (Lipinski definition) is 1. The number of anilines is 1. The maximum atomic E-state index is 14.3. The van der Waals surface area contributed by atoms with E-state index in [0.717, 1.165) is 29.6 Å². The molecule has 6 aromatic rings. The molecule has 50 heavy (non-hydrogen) atoms. The molecular formula is C40H31I2N3O4S. The smallest absolute Gasteiger partial charge is 0.271 e. The summed E-state index contributed by atoms with van der Waals surface area (Å²) >= 11 is 5.90. The Hall–Kier alpha value is -4.27. The Bertz CT molecular complexity index is 2430. The standard InChI is InChI=1S/C40H31I2N3O4S/c1-3-48-30-18-16-27(17-19-30)36-35(38(46)44-29-13-5-4-6-14-29)24(2)43-40-45(36)39(47)34(50-40)22-25-20-32(41)37(33(42)21-25)49-23-28-12-9-11-26-10-7-8-15-31(26)28/h4-22,36H,3,23H2,1-2H3,(H,44,46)/b34-22-/t36-/m0/s1. The number of halogens is 2. The number of aromatic nitrogens is 1. The molecule has 250 valence electrons. The molecule has 1 aliphatic heterocycles. The van der Waals surface area contributed by atoms with Gasteiger partial charge in [-0.25, -0.2) is 4.99 Å². The lowest BCUT2D eigenvalue weighted by Gasteiger charge is -2.25. The van der Waals surface area contributed by atoms with E-state index in [2.05, 4.69) is 80.8 Å². The van der Waals surface area contributed by atoms with Gasteiger partial charge in [-0.2, -0.15) is 0 Å². The largest absolute Gasteiger partial charge is 0.494 e. The number of rotatable bonds is 9. The molecule has 10 heteroatoms. The fraction of sp³-hybridized carbons (Fsp3) is 0.125. The van der Waals surface area contributed by atoms with E-state index >= 15 is 0 Å². The van der Waals surface area contributed by atoms with Crippen LogP contribution < -0.4 is 29.7 Å². The van der Waals surface area contributed by atoms with Crippen LogP contribution in [0.15, 0.2) is 130 Å². The highest BCUT2D eigenvalue weighted by Crippen LogP contribution is 2.33. The lowest BCUT2D eigenvalue weighted by atomic mass is 9.95. The Morgan fingerprint density at radius 3 is 2.36 bits per heavy atom. The lowest BCUT2D eigenvalue weighted by molar-refractivity contribution is -0.113. The van der Waals surface area contributed by atoms with E-state index in [4.69, 9.17) is 14.5 Å². The summed E-state index contributed by atoms with van der Waals surface area (Å²) in [5.74, 6) is 1.21. The summed E-state index contributed by atoms with van der Waals surface area (Å²) < 4.78 is 16.1. The maximum absolute atomic E-state index is 14.3. The minimum atomic E-state index is -0.682. The lowest BCUT2D eigenvalue weighted by Crippen LogP contribution is -2.40. The third-order valence-electron chi connectivity index (χ3n) is 8.38. The first-order chi connectivity index (χ1) is 24.3. The molecule has 0 bridgehead atoms. The number of amides is 1. The molecule has 0 unspecified atom stereocenters. The number of benzene rings is 5. The molecule has 0 fully saturated rings. The van der Waals surface area contributed by atoms with Gasteiger partial charge in [-0.1, -0.05) is 84.1 Å². The predicted octanol–water partition coefficient (Wildman–Crippen LogP) is 8.21. The van der Waals surface area contributed by atoms with Crippen LogP contribution in [0.1, 0.15) is 36.6 Å². The number of hydrogen-bond acceptors (Lipinski definition) is 6. The highest BCUT2D eigenvalue weighted by Gasteiger charge is 2.32. The van der Waals surface area contributed by atoms with Crippen molar-refractivity contribution in [3.05, 3.63) is 164 Å². The van der Waals surface area contributed by atoms with Crippen LogP contribution in [-0.4, -0.2) is 17.1 Å². The van der Waals surface area contributed by atoms with Gasteiger partial charge in [-0.3, -0.25) is 14.2 Å². The molecule has 1 aliphatic rings. The van der Waals surface area contributed by atoms with Gasteiger partial charge in [0.25, 0.3) is 11.5 Å². The molecule has 0 radical (unpaired) electrons. The number of fused-ring (bicyclic) bond motifs is 2. The van der Waals surface area contributed by atoms with E-state index < -0.39 is 6.04 Å². The van der Waals surface area contributed by atoms with Crippen LogP contribution in [0.4, 0.5) is 5.69 Å². The van der Waals surface area contributed by atoms with Gasteiger partial charge in [0.2, 0.25) is 0 Å². The van der Waals surface area contributed by atoms with E-state index in [0.29, 0.717) is 45.3 Å². The molecule has 0 aliphatic carbocycles. The molecule has 0 saturated heterocycles. The number of para-hydroxylation sites is 1. The quantitative estimate of drug-likeness (QED) is 0.149. The average molecular weight is 904 g/mol. The molecule has 7 nitrogen and oxygen atoms in total. The number of carbonyl (C=O) groups is 1. The van der Waals surface area contributed by atoms with Crippen molar-refractivity contribution in [2.24, 2.45) is 4.99 Å². The van der Waals surface area contributed by atoms with Crippen molar-refractivity contribution < 1.29 is 14.3 Å². The second-order valence-corrected chi connectivity index (χ2v) is 15.0. The minimum absolute atomic E-state index is 0.216. The van der Waals surface area contributed by atoms with Crippen molar-refractivity contribution in [3.8, 4) is 11.5 Å². The Morgan fingerprint density at radius 2 is 1.62 bits per heavy atom. The van der Waals surface area contributed by atoms with Crippen molar-refractivity contribution in [1.29, 1.82) is 0 Å². The van der Waals surface area contributed by atoms with Crippen LogP contribution in [-0.2, 0) is 11.4 Å². The van der Waals surface area contributed by atoms with Crippen LogP contribution >= 0.6 is 56.5 Å². The van der Waals surface area contributed by atoms with Crippen molar-refractivity contribution in [1.82, 2.24) is 4.57 Å². The van der Waals surface area contributed by atoms with Gasteiger partial charge in [-0.05, 0) is 129 Å². The Balaban J connectivity index is 1.25. The number of ether oxygens (including phenoxy) is 2. The molecular weight excluding hydrogens is 872 g/mol. The monoisotopic (exact) mass is 903 g/mol. The Kier molecular flexibility index (Phi) is 10.2. The Labute approximate surface area is 320 Å². The number of carbonyl (C=O) groups excluding carboxylic acids is 1. The third kappa shape index (κ3) is 7.01. The maximum Gasteiger partial charge on any atom is 0.271 e. The fourth-order valence-electron chi connectivity index (χ4n) is 6.08. The zero-order chi connectivity index (χ0) is 34.8. The molecule has 1 aromatic heterocycles. The highest BCUT2D eigenvalue weighted by atomic mass is 127. The van der Waals surface area contributed by atoms with Crippen LogP contribution in [0.25, 0.3) is 16.8 Å². The average Bonchev–Trinajstić information content (AvgIpc) is 3.41. The van der Waals surface area contributed by atoms with E-state index in [-0.39, 0.29) is 11.5 Å². The van der Waals surface area contributed by atoms with Crippen molar-refractivity contribution >= 4 is 85.0 Å². The fourth-order valence-corrected chi connectivity index (χ4v) is 9.25. The first-order valence-corrected chi connectivity index (χ1v) is 19.0. The first kappa shape index (κ1) is 34.2. The van der Waals surface area contributed by atoms with E-state index in [1.54, 1.807) is 4.57 Å². The number of nitrogens with one attached hydrogen (secondary N) is 1. The van der Waals surface area contributed by atoms with Gasteiger partial charge in [0.1, 0.15) is 18.1 Å². The SMILES string of the molecule is CCOc1ccc([C@H]2C(C(=O)Nc3ccccc3)=C(C)N=c3s/c(=C\c4cc(I)c(OCc5cccc6ccccc56)c(I)c4)c(=O)n32)cc1. The van der Waals surface area contributed by atoms with Crippen molar-refractivity contribution in [2.45, 2.75) is 26.5 Å². The molecule has 5 aromatic carbocycles. The summed E-state index contributed by atoms with van der Waals surface area (Å²) in [6.45, 7) is 4.73. The molecule has 2 heterocycles. The summed E-state index contributed by atoms with van der Waals surface area (Å²) in [5, 5.41) is 5.35. The topological polar surface area (TPSA) is 81.9 Å². The van der Waals surface area contributed by atoms with E-state index in [9.17, 15) is 9.59 Å². The van der Waals surface area contributed by atoms with Crippen molar-refractivity contribution in [3.63, 3.8) is 0 Å². The molecule has 0 spiro atoms. The van der Waals surface area contributed by atoms with Gasteiger partial charge in [0.05, 0.1) is 35.6 Å². The van der Waals surface area contributed by atoms with Crippen LogP contribution in [0.3, 0.4) is 0 Å². The molecule has 0 saturated carbocycles. The van der Waals surface area contributed by atoms with Crippen LogP contribution in [0.5, 0.6) is 11.5 Å². The number of allylic oxidation sites excluding steroid dienone is 1. The van der Waals surface area contributed by atoms with Gasteiger partial charge >= 0.3 is 0 Å². The predicted molar refractivity (Wildman–Crippen MR) is 217 cm³/mol. The van der Waals surface area contributed by atoms with Gasteiger partial charge in [0.15, 0.2) is 4.80 Å². The normalized spacial score (nSPS) is 14.3. The van der Waals surface area contributed by atoms with Crippen LogP contribution in [0.2, 0.25) is 0 Å². The van der Waals surface area contributed by atoms with E-state index in [1.807, 2.05) is 98.8 Å². The van der Waals surface area contributed by atoms with Crippen molar-refractivity contribution in [2.75, 3.05) is 11.9 Å². The summed E-state index contributed by atoms with van der Waals surface area (Å²) in [6.07, 6.45) is 1.89. The molecule has 1 amide bonds. The molecule has 1 atom stereocenters. The van der Waals surface area contributed by atoms with Gasteiger partial charge in [0, 0.05) is 5.69 Å². The second kappa shape index (κ2) is 14.9. The van der Waals surface area contributed by atoms with Gasteiger partial charge < -0.3 is 14.8 Å². The summed E-state index contributed by atoms with van der Waals surface area (Å²) in [5.41, 5.74) is 4.19. The number of nitrogens with zero attached hydrogens (tertiary/aromatic N) is 2. The van der Waals surface area contributed by atoms with Crippen LogP contribution in [0, 0.1) is 7.14 Å². The summed E-state index contributed by atoms with van der Waals surface area (Å²) in [7, 11) is 0. The van der Waals surface area contributed by atoms with E-state index in [1.165, 1.54) is 22.1 Å². The number of thiazole rings is 1. The Morgan fingerprint density at radius 1 is 0.920 bits per heavy atom. The molecule has 1 N–H and O–H groups in total. The summed E-state index contributed by atoms with van der Waals surface area (Å²) in [4.78, 5) is 33.5. The zero-order valence-electron chi connectivity index (χ0n) is 27.2. The summed E-state index contributed by atoms with van der Waals surface area (Å²) in [6, 6.07) is 34.7. The van der Waals surface area contributed by atoms with Gasteiger partial charge in [-0.15, -0.1) is 0 Å². The first-order valence-electron chi connectivity index (χ1n) is 16.0. The minimum Gasteiger partial charge on any atom is -0.494 e. The highest BCUT2D eigenvalue weighted by molar-refractivity contribution is 14.1.